The lowest BCUT2D eigenvalue weighted by molar-refractivity contribution is 0.0984. The fourth-order valence-corrected chi connectivity index (χ4v) is 7.24. The van der Waals surface area contributed by atoms with Gasteiger partial charge in [-0.3, -0.25) is 14.7 Å². The topological polar surface area (TPSA) is 83.5 Å². The molecular formula is C28H30N4O3S2. The van der Waals surface area contributed by atoms with E-state index in [1.165, 1.54) is 29.0 Å². The van der Waals surface area contributed by atoms with Gasteiger partial charge in [0.25, 0.3) is 5.91 Å². The number of rotatable bonds is 7. The van der Waals surface area contributed by atoms with Gasteiger partial charge in [0.1, 0.15) is 0 Å². The molecule has 1 aliphatic heterocycles. The predicted octanol–water partition coefficient (Wildman–Crippen LogP) is 5.52. The van der Waals surface area contributed by atoms with Crippen molar-refractivity contribution in [3.05, 3.63) is 83.7 Å². The minimum absolute atomic E-state index is 0.210. The van der Waals surface area contributed by atoms with Crippen molar-refractivity contribution < 1.29 is 13.2 Å². The van der Waals surface area contributed by atoms with Crippen molar-refractivity contribution in [1.29, 1.82) is 0 Å². The number of aromatic nitrogens is 2. The number of hydrogen-bond acceptors (Lipinski definition) is 6. The number of thiazole rings is 1. The van der Waals surface area contributed by atoms with Gasteiger partial charge in [0.15, 0.2) is 5.13 Å². The van der Waals surface area contributed by atoms with Crippen LogP contribution in [-0.2, 0) is 23.0 Å². The molecule has 0 saturated carbocycles. The summed E-state index contributed by atoms with van der Waals surface area (Å²) in [6.45, 7) is 5.49. The third kappa shape index (κ3) is 5.44. The van der Waals surface area contributed by atoms with Crippen LogP contribution in [0, 0.1) is 5.92 Å². The molecule has 1 aliphatic rings. The number of piperidine rings is 1. The third-order valence-electron chi connectivity index (χ3n) is 6.73. The smallest absolute Gasteiger partial charge is 0.260 e. The minimum atomic E-state index is -3.59. The molecular weight excluding hydrogens is 504 g/mol. The van der Waals surface area contributed by atoms with Gasteiger partial charge < -0.3 is 0 Å². The number of fused-ring (bicyclic) bond motifs is 1. The second-order valence-electron chi connectivity index (χ2n) is 9.50. The summed E-state index contributed by atoms with van der Waals surface area (Å²) in [6, 6.07) is 18.0. The Morgan fingerprint density at radius 3 is 2.65 bits per heavy atom. The number of amides is 1. The number of carbonyl (C=O) groups excluding carboxylic acids is 1. The van der Waals surface area contributed by atoms with Crippen molar-refractivity contribution in [2.75, 3.05) is 18.0 Å². The highest BCUT2D eigenvalue weighted by atomic mass is 32.2. The summed E-state index contributed by atoms with van der Waals surface area (Å²) >= 11 is 1.47. The van der Waals surface area contributed by atoms with E-state index in [0.29, 0.717) is 29.7 Å². The van der Waals surface area contributed by atoms with Gasteiger partial charge in [0.05, 0.1) is 27.4 Å². The molecule has 5 rings (SSSR count). The Kier molecular flexibility index (Phi) is 7.37. The Balaban J connectivity index is 1.46. The highest BCUT2D eigenvalue weighted by Crippen LogP contribution is 2.32. The molecule has 1 amide bonds. The molecule has 37 heavy (non-hydrogen) atoms. The molecule has 1 atom stereocenters. The second-order valence-corrected chi connectivity index (χ2v) is 12.4. The normalized spacial score (nSPS) is 16.6. The molecule has 4 aromatic rings. The van der Waals surface area contributed by atoms with Crippen LogP contribution in [0.4, 0.5) is 5.13 Å². The molecule has 9 heteroatoms. The zero-order valence-corrected chi connectivity index (χ0v) is 22.6. The highest BCUT2D eigenvalue weighted by molar-refractivity contribution is 7.89. The van der Waals surface area contributed by atoms with E-state index in [-0.39, 0.29) is 17.3 Å². The lowest BCUT2D eigenvalue weighted by Gasteiger charge is -2.30. The maximum atomic E-state index is 13.8. The van der Waals surface area contributed by atoms with Gasteiger partial charge in [0.2, 0.25) is 10.0 Å². The van der Waals surface area contributed by atoms with E-state index in [0.717, 1.165) is 35.2 Å². The molecule has 3 heterocycles. The van der Waals surface area contributed by atoms with E-state index < -0.39 is 10.0 Å². The van der Waals surface area contributed by atoms with Gasteiger partial charge in [-0.1, -0.05) is 37.3 Å². The number of nitrogens with zero attached hydrogens (tertiary/aromatic N) is 4. The first kappa shape index (κ1) is 25.5. The van der Waals surface area contributed by atoms with Crippen LogP contribution in [0.15, 0.2) is 71.8 Å². The molecule has 1 saturated heterocycles. The first-order valence-electron chi connectivity index (χ1n) is 12.6. The van der Waals surface area contributed by atoms with Crippen LogP contribution in [0.1, 0.15) is 48.3 Å². The molecule has 7 nitrogen and oxygen atoms in total. The summed E-state index contributed by atoms with van der Waals surface area (Å²) in [4.78, 5) is 24.7. The lowest BCUT2D eigenvalue weighted by atomic mass is 10.0. The molecule has 2 aromatic carbocycles. The summed E-state index contributed by atoms with van der Waals surface area (Å²) in [5.74, 6) is 0.0858. The summed E-state index contributed by atoms with van der Waals surface area (Å²) in [5.41, 5.74) is 3.19. The zero-order valence-electron chi connectivity index (χ0n) is 21.0. The Labute approximate surface area is 221 Å². The van der Waals surface area contributed by atoms with Gasteiger partial charge in [-0.05, 0) is 79.3 Å². The first-order chi connectivity index (χ1) is 17.8. The van der Waals surface area contributed by atoms with Gasteiger partial charge in [0, 0.05) is 24.8 Å². The number of aryl methyl sites for hydroxylation is 1. The van der Waals surface area contributed by atoms with Crippen LogP contribution < -0.4 is 4.90 Å². The zero-order chi connectivity index (χ0) is 26.0. The van der Waals surface area contributed by atoms with Crippen LogP contribution in [0.2, 0.25) is 0 Å². The number of sulfonamides is 1. The van der Waals surface area contributed by atoms with Gasteiger partial charge >= 0.3 is 0 Å². The van der Waals surface area contributed by atoms with Gasteiger partial charge in [-0.2, -0.15) is 4.31 Å². The standard InChI is InChI=1S/C28H30N4O3S2/c1-3-21-9-14-25-26(17-21)36-28(30-25)32(19-23-8-4-5-15-29-23)27(33)22-10-12-24(13-11-22)37(34,35)31-16-6-7-20(2)18-31/h4-5,8-15,17,20H,3,6-7,16,18-19H2,1-2H3. The van der Waals surface area contributed by atoms with E-state index in [1.807, 2.05) is 24.3 Å². The van der Waals surface area contributed by atoms with Crippen LogP contribution >= 0.6 is 11.3 Å². The molecule has 2 aromatic heterocycles. The maximum absolute atomic E-state index is 13.8. The van der Waals surface area contributed by atoms with Crippen molar-refractivity contribution in [2.24, 2.45) is 5.92 Å². The third-order valence-corrected chi connectivity index (χ3v) is 9.65. The van der Waals surface area contributed by atoms with Crippen molar-refractivity contribution >= 4 is 42.6 Å². The molecule has 192 valence electrons. The highest BCUT2D eigenvalue weighted by Gasteiger charge is 2.29. The molecule has 1 unspecified atom stereocenters. The molecule has 0 aliphatic carbocycles. The molecule has 0 radical (unpaired) electrons. The molecule has 0 spiro atoms. The fraction of sp³-hybridized carbons (Fsp3) is 0.321. The first-order valence-corrected chi connectivity index (χ1v) is 14.8. The summed E-state index contributed by atoms with van der Waals surface area (Å²) < 4.78 is 28.9. The lowest BCUT2D eigenvalue weighted by Crippen LogP contribution is -2.39. The Morgan fingerprint density at radius 1 is 1.14 bits per heavy atom. The largest absolute Gasteiger partial charge is 0.278 e. The van der Waals surface area contributed by atoms with E-state index in [1.54, 1.807) is 27.5 Å². The quantitative estimate of drug-likeness (QED) is 0.312. The van der Waals surface area contributed by atoms with E-state index >= 15 is 0 Å². The molecule has 0 bridgehead atoms. The van der Waals surface area contributed by atoms with E-state index in [4.69, 9.17) is 4.98 Å². The molecule has 0 N–H and O–H groups in total. The number of pyridine rings is 1. The van der Waals surface area contributed by atoms with Crippen molar-refractivity contribution in [1.82, 2.24) is 14.3 Å². The molecule has 1 fully saturated rings. The summed E-state index contributed by atoms with van der Waals surface area (Å²) in [7, 11) is -3.59. The SMILES string of the molecule is CCc1ccc2nc(N(Cc3ccccn3)C(=O)c3ccc(S(=O)(=O)N4CCCC(C)C4)cc3)sc2c1. The second kappa shape index (κ2) is 10.7. The Bertz CT molecular complexity index is 1500. The van der Waals surface area contributed by atoms with Gasteiger partial charge in [-0.15, -0.1) is 0 Å². The number of benzene rings is 2. The predicted molar refractivity (Wildman–Crippen MR) is 147 cm³/mol. The van der Waals surface area contributed by atoms with Crippen LogP contribution in [0.25, 0.3) is 10.2 Å². The van der Waals surface area contributed by atoms with E-state index in [9.17, 15) is 13.2 Å². The number of anilines is 1. The van der Waals surface area contributed by atoms with Gasteiger partial charge in [-0.25, -0.2) is 13.4 Å². The summed E-state index contributed by atoms with van der Waals surface area (Å²) in [6.07, 6.45) is 4.52. The van der Waals surface area contributed by atoms with Crippen molar-refractivity contribution in [3.8, 4) is 0 Å². The van der Waals surface area contributed by atoms with Crippen LogP contribution in [0.5, 0.6) is 0 Å². The maximum Gasteiger partial charge on any atom is 0.260 e. The Morgan fingerprint density at radius 2 is 1.95 bits per heavy atom. The average Bonchev–Trinajstić information content (AvgIpc) is 3.35. The van der Waals surface area contributed by atoms with Crippen LogP contribution in [0.3, 0.4) is 0 Å². The average molecular weight is 535 g/mol. The summed E-state index contributed by atoms with van der Waals surface area (Å²) in [5, 5.41) is 0.581. The number of carbonyl (C=O) groups is 1. The minimum Gasteiger partial charge on any atom is -0.278 e. The van der Waals surface area contributed by atoms with Crippen molar-refractivity contribution in [2.45, 2.75) is 44.6 Å². The number of hydrogen-bond donors (Lipinski definition) is 0. The van der Waals surface area contributed by atoms with E-state index in [2.05, 4.69) is 31.0 Å². The Hall–Kier alpha value is -3.14. The monoisotopic (exact) mass is 534 g/mol. The van der Waals surface area contributed by atoms with Crippen molar-refractivity contribution in [3.63, 3.8) is 0 Å². The van der Waals surface area contributed by atoms with Crippen LogP contribution in [-0.4, -0.2) is 41.7 Å². The fourth-order valence-electron chi connectivity index (χ4n) is 4.61.